The molecule has 1 unspecified atom stereocenters. The summed E-state index contributed by atoms with van der Waals surface area (Å²) >= 11 is 12.0. The number of likely N-dealkylation sites (tertiary alicyclic amines) is 1. The van der Waals surface area contributed by atoms with Crippen molar-refractivity contribution < 1.29 is 4.79 Å². The number of halogens is 2. The third-order valence-corrected chi connectivity index (χ3v) is 6.03. The first-order chi connectivity index (χ1) is 12.1. The first kappa shape index (κ1) is 16.9. The molecule has 3 nitrogen and oxygen atoms in total. The normalized spacial score (nSPS) is 20.6. The number of carbonyl (C=O) groups excluding carboxylic acids is 1. The Kier molecular flexibility index (Phi) is 4.72. The van der Waals surface area contributed by atoms with Crippen LogP contribution >= 0.6 is 23.2 Å². The van der Waals surface area contributed by atoms with Crippen LogP contribution < -0.4 is 0 Å². The number of fused-ring (bicyclic) bond motifs is 1. The second-order valence-electron chi connectivity index (χ2n) is 6.81. The standard InChI is InChI=1S/C20H20Cl2N2O/c21-18-6-5-15(11-19(18)22)20(25)24-10-8-17(13-24)23-9-7-14-3-1-2-4-16(14)12-23/h1-6,11,17H,7-10,12-13H2. The van der Waals surface area contributed by atoms with Gasteiger partial charge in [0.25, 0.3) is 5.91 Å². The summed E-state index contributed by atoms with van der Waals surface area (Å²) in [4.78, 5) is 17.2. The minimum Gasteiger partial charge on any atom is -0.337 e. The zero-order chi connectivity index (χ0) is 17.4. The number of benzene rings is 2. The molecule has 0 aromatic heterocycles. The van der Waals surface area contributed by atoms with Crippen LogP contribution in [0.25, 0.3) is 0 Å². The van der Waals surface area contributed by atoms with Crippen molar-refractivity contribution in [3.63, 3.8) is 0 Å². The molecule has 1 atom stereocenters. The number of carbonyl (C=O) groups is 1. The molecule has 5 heteroatoms. The predicted octanol–water partition coefficient (Wildman–Crippen LogP) is 4.27. The van der Waals surface area contributed by atoms with Crippen LogP contribution in [0.15, 0.2) is 42.5 Å². The Morgan fingerprint density at radius 2 is 1.80 bits per heavy atom. The summed E-state index contributed by atoms with van der Waals surface area (Å²) in [6.45, 7) is 3.62. The number of rotatable bonds is 2. The zero-order valence-corrected chi connectivity index (χ0v) is 15.4. The molecule has 25 heavy (non-hydrogen) atoms. The van der Waals surface area contributed by atoms with E-state index in [0.717, 1.165) is 39.0 Å². The van der Waals surface area contributed by atoms with E-state index in [0.29, 0.717) is 21.7 Å². The zero-order valence-electron chi connectivity index (χ0n) is 13.9. The molecule has 2 aliphatic rings. The molecule has 2 heterocycles. The van der Waals surface area contributed by atoms with Crippen LogP contribution in [0.5, 0.6) is 0 Å². The lowest BCUT2D eigenvalue weighted by Crippen LogP contribution is -2.41. The quantitative estimate of drug-likeness (QED) is 0.783. The van der Waals surface area contributed by atoms with E-state index >= 15 is 0 Å². The van der Waals surface area contributed by atoms with E-state index in [4.69, 9.17) is 23.2 Å². The Bertz CT molecular complexity index is 808. The molecule has 0 radical (unpaired) electrons. The lowest BCUT2D eigenvalue weighted by Gasteiger charge is -2.33. The Hall–Kier alpha value is -1.55. The van der Waals surface area contributed by atoms with Crippen molar-refractivity contribution in [3.05, 3.63) is 69.2 Å². The second-order valence-corrected chi connectivity index (χ2v) is 7.63. The number of amides is 1. The lowest BCUT2D eigenvalue weighted by atomic mass is 9.98. The molecule has 1 amide bonds. The van der Waals surface area contributed by atoms with Crippen LogP contribution in [0.2, 0.25) is 10.0 Å². The Balaban J connectivity index is 1.43. The fraction of sp³-hybridized carbons (Fsp3) is 0.350. The van der Waals surface area contributed by atoms with Gasteiger partial charge < -0.3 is 4.90 Å². The number of nitrogens with zero attached hydrogens (tertiary/aromatic N) is 2. The summed E-state index contributed by atoms with van der Waals surface area (Å²) < 4.78 is 0. The van der Waals surface area contributed by atoms with Gasteiger partial charge in [0.1, 0.15) is 0 Å². The monoisotopic (exact) mass is 374 g/mol. The Morgan fingerprint density at radius 1 is 1.00 bits per heavy atom. The molecule has 0 N–H and O–H groups in total. The highest BCUT2D eigenvalue weighted by atomic mass is 35.5. The van der Waals surface area contributed by atoms with E-state index in [1.165, 1.54) is 11.1 Å². The molecule has 1 saturated heterocycles. The molecule has 4 rings (SSSR count). The van der Waals surface area contributed by atoms with Crippen LogP contribution in [0.3, 0.4) is 0 Å². The van der Waals surface area contributed by atoms with Gasteiger partial charge in [-0.3, -0.25) is 9.69 Å². The minimum atomic E-state index is 0.0403. The van der Waals surface area contributed by atoms with Gasteiger partial charge >= 0.3 is 0 Å². The van der Waals surface area contributed by atoms with Crippen molar-refractivity contribution >= 4 is 29.1 Å². The molecular weight excluding hydrogens is 355 g/mol. The van der Waals surface area contributed by atoms with Crippen LogP contribution in [-0.4, -0.2) is 41.4 Å². The summed E-state index contributed by atoms with van der Waals surface area (Å²) in [7, 11) is 0. The Morgan fingerprint density at radius 3 is 2.60 bits per heavy atom. The molecule has 0 spiro atoms. The van der Waals surface area contributed by atoms with Crippen molar-refractivity contribution in [2.24, 2.45) is 0 Å². The van der Waals surface area contributed by atoms with E-state index in [1.807, 2.05) is 4.90 Å². The Labute approximate surface area is 158 Å². The molecule has 0 saturated carbocycles. The third-order valence-electron chi connectivity index (χ3n) is 5.29. The smallest absolute Gasteiger partial charge is 0.253 e. The number of hydrogen-bond donors (Lipinski definition) is 0. The van der Waals surface area contributed by atoms with Gasteiger partial charge in [-0.1, -0.05) is 47.5 Å². The lowest BCUT2D eigenvalue weighted by molar-refractivity contribution is 0.0773. The fourth-order valence-corrected chi connectivity index (χ4v) is 4.16. The van der Waals surface area contributed by atoms with E-state index in [2.05, 4.69) is 29.2 Å². The van der Waals surface area contributed by atoms with Crippen molar-refractivity contribution in [1.82, 2.24) is 9.80 Å². The summed E-state index contributed by atoms with van der Waals surface area (Å²) in [6.07, 6.45) is 2.11. The van der Waals surface area contributed by atoms with E-state index < -0.39 is 0 Å². The molecule has 2 aliphatic heterocycles. The highest BCUT2D eigenvalue weighted by molar-refractivity contribution is 6.42. The molecular formula is C20H20Cl2N2O. The molecule has 130 valence electrons. The molecule has 1 fully saturated rings. The molecule has 2 aromatic rings. The van der Waals surface area contributed by atoms with E-state index in [-0.39, 0.29) is 5.91 Å². The van der Waals surface area contributed by atoms with Gasteiger partial charge in [0, 0.05) is 37.8 Å². The van der Waals surface area contributed by atoms with Crippen LogP contribution in [0.4, 0.5) is 0 Å². The molecule has 0 bridgehead atoms. The van der Waals surface area contributed by atoms with Gasteiger partial charge in [-0.05, 0) is 42.2 Å². The average molecular weight is 375 g/mol. The number of hydrogen-bond acceptors (Lipinski definition) is 2. The average Bonchev–Trinajstić information content (AvgIpc) is 3.13. The maximum absolute atomic E-state index is 12.7. The topological polar surface area (TPSA) is 23.6 Å². The van der Waals surface area contributed by atoms with Gasteiger partial charge in [0.15, 0.2) is 0 Å². The fourth-order valence-electron chi connectivity index (χ4n) is 3.87. The first-order valence-corrected chi connectivity index (χ1v) is 9.42. The maximum Gasteiger partial charge on any atom is 0.253 e. The van der Waals surface area contributed by atoms with Gasteiger partial charge in [-0.2, -0.15) is 0 Å². The summed E-state index contributed by atoms with van der Waals surface area (Å²) in [5.41, 5.74) is 3.49. The van der Waals surface area contributed by atoms with Gasteiger partial charge in [-0.15, -0.1) is 0 Å². The van der Waals surface area contributed by atoms with Gasteiger partial charge in [0.2, 0.25) is 0 Å². The highest BCUT2D eigenvalue weighted by Crippen LogP contribution is 2.27. The second kappa shape index (κ2) is 6.99. The molecule has 2 aromatic carbocycles. The van der Waals surface area contributed by atoms with Crippen molar-refractivity contribution in [2.75, 3.05) is 19.6 Å². The van der Waals surface area contributed by atoms with Crippen LogP contribution in [0, 0.1) is 0 Å². The van der Waals surface area contributed by atoms with Crippen LogP contribution in [0.1, 0.15) is 27.9 Å². The summed E-state index contributed by atoms with van der Waals surface area (Å²) in [6, 6.07) is 14.2. The van der Waals surface area contributed by atoms with Gasteiger partial charge in [0.05, 0.1) is 10.0 Å². The van der Waals surface area contributed by atoms with Crippen molar-refractivity contribution in [1.29, 1.82) is 0 Å². The minimum absolute atomic E-state index is 0.0403. The van der Waals surface area contributed by atoms with Crippen molar-refractivity contribution in [2.45, 2.75) is 25.4 Å². The van der Waals surface area contributed by atoms with Crippen molar-refractivity contribution in [3.8, 4) is 0 Å². The highest BCUT2D eigenvalue weighted by Gasteiger charge is 2.32. The van der Waals surface area contributed by atoms with E-state index in [9.17, 15) is 4.79 Å². The largest absolute Gasteiger partial charge is 0.337 e. The summed E-state index contributed by atoms with van der Waals surface area (Å²) in [5.74, 6) is 0.0403. The molecule has 0 aliphatic carbocycles. The van der Waals surface area contributed by atoms with E-state index in [1.54, 1.807) is 18.2 Å². The maximum atomic E-state index is 12.7. The van der Waals surface area contributed by atoms with Gasteiger partial charge in [-0.25, -0.2) is 0 Å². The predicted molar refractivity (Wildman–Crippen MR) is 101 cm³/mol. The first-order valence-electron chi connectivity index (χ1n) is 8.67. The van der Waals surface area contributed by atoms with Crippen LogP contribution in [-0.2, 0) is 13.0 Å². The SMILES string of the molecule is O=C(c1ccc(Cl)c(Cl)c1)N1CCC(N2CCc3ccccc3C2)C1. The third kappa shape index (κ3) is 3.41. The summed E-state index contributed by atoms with van der Waals surface area (Å²) in [5, 5.41) is 0.903.